The van der Waals surface area contributed by atoms with Crippen molar-refractivity contribution < 1.29 is 18.7 Å². The van der Waals surface area contributed by atoms with Gasteiger partial charge in [-0.25, -0.2) is 9.07 Å². The Hall–Kier alpha value is -4.13. The van der Waals surface area contributed by atoms with Crippen LogP contribution in [0.2, 0.25) is 0 Å². The van der Waals surface area contributed by atoms with Gasteiger partial charge >= 0.3 is 0 Å². The number of fused-ring (bicyclic) bond motifs is 1. The molecule has 1 aliphatic heterocycles. The SMILES string of the molecule is Cc1ccc(C)c(-n2nc(-c3ccc(F)cc3)cc2C(=O)NCc2ccc3c(c2)OCO3)c1. The van der Waals surface area contributed by atoms with Crippen molar-refractivity contribution >= 4 is 5.91 Å². The van der Waals surface area contributed by atoms with Gasteiger partial charge in [0.05, 0.1) is 11.4 Å². The number of carbonyl (C=O) groups is 1. The summed E-state index contributed by atoms with van der Waals surface area (Å²) < 4.78 is 25.8. The molecule has 33 heavy (non-hydrogen) atoms. The molecule has 166 valence electrons. The summed E-state index contributed by atoms with van der Waals surface area (Å²) in [5.74, 6) is 0.770. The van der Waals surface area contributed by atoms with Gasteiger partial charge in [-0.05, 0) is 79.1 Å². The van der Waals surface area contributed by atoms with E-state index in [-0.39, 0.29) is 18.5 Å². The molecule has 1 aliphatic rings. The maximum atomic E-state index is 13.4. The lowest BCUT2D eigenvalue weighted by molar-refractivity contribution is 0.0943. The second-order valence-electron chi connectivity index (χ2n) is 7.99. The zero-order valence-electron chi connectivity index (χ0n) is 18.3. The summed E-state index contributed by atoms with van der Waals surface area (Å²) in [6, 6.07) is 19.4. The van der Waals surface area contributed by atoms with Crippen LogP contribution in [0.4, 0.5) is 4.39 Å². The first-order chi connectivity index (χ1) is 16.0. The van der Waals surface area contributed by atoms with Crippen LogP contribution in [-0.4, -0.2) is 22.5 Å². The monoisotopic (exact) mass is 443 g/mol. The highest BCUT2D eigenvalue weighted by Crippen LogP contribution is 2.32. The minimum Gasteiger partial charge on any atom is -0.454 e. The highest BCUT2D eigenvalue weighted by atomic mass is 19.1. The number of nitrogens with one attached hydrogen (secondary N) is 1. The Kier molecular flexibility index (Phi) is 5.30. The Morgan fingerprint density at radius 2 is 1.79 bits per heavy atom. The first-order valence-electron chi connectivity index (χ1n) is 10.6. The molecule has 0 saturated heterocycles. The number of nitrogens with zero attached hydrogens (tertiary/aromatic N) is 2. The predicted octanol–water partition coefficient (Wildman–Crippen LogP) is 4.95. The molecule has 1 N–H and O–H groups in total. The van der Waals surface area contributed by atoms with Crippen LogP contribution in [0, 0.1) is 19.7 Å². The third kappa shape index (κ3) is 4.17. The molecule has 1 aromatic heterocycles. The van der Waals surface area contributed by atoms with E-state index in [0.717, 1.165) is 27.9 Å². The quantitative estimate of drug-likeness (QED) is 0.474. The summed E-state index contributed by atoms with van der Waals surface area (Å²) in [5, 5.41) is 7.67. The smallest absolute Gasteiger partial charge is 0.270 e. The number of rotatable bonds is 5. The molecule has 6 nitrogen and oxygen atoms in total. The number of ether oxygens (including phenoxy) is 2. The molecule has 0 fully saturated rings. The largest absolute Gasteiger partial charge is 0.454 e. The van der Waals surface area contributed by atoms with Crippen LogP contribution in [0.5, 0.6) is 11.5 Å². The number of aryl methyl sites for hydroxylation is 2. The fourth-order valence-electron chi connectivity index (χ4n) is 3.76. The number of aromatic nitrogens is 2. The summed E-state index contributed by atoms with van der Waals surface area (Å²) in [6.07, 6.45) is 0. The molecule has 2 heterocycles. The number of amides is 1. The standard InChI is InChI=1S/C26H22FN3O3/c1-16-3-4-17(2)22(11-16)30-23(13-21(29-30)19-6-8-20(27)9-7-19)26(31)28-14-18-5-10-24-25(12-18)33-15-32-24/h3-13H,14-15H2,1-2H3,(H,28,31). The first kappa shape index (κ1) is 20.8. The van der Waals surface area contributed by atoms with Gasteiger partial charge in [0.25, 0.3) is 5.91 Å². The summed E-state index contributed by atoms with van der Waals surface area (Å²) >= 11 is 0. The number of hydrogen-bond donors (Lipinski definition) is 1. The summed E-state index contributed by atoms with van der Waals surface area (Å²) in [5.41, 5.74) is 5.46. The van der Waals surface area contributed by atoms with Gasteiger partial charge in [-0.1, -0.05) is 18.2 Å². The zero-order chi connectivity index (χ0) is 22.9. The van der Waals surface area contributed by atoms with Crippen LogP contribution in [0.3, 0.4) is 0 Å². The van der Waals surface area contributed by atoms with Crippen molar-refractivity contribution in [2.24, 2.45) is 0 Å². The minimum absolute atomic E-state index is 0.201. The van der Waals surface area contributed by atoms with Gasteiger partial charge in [0.1, 0.15) is 11.5 Å². The third-order valence-electron chi connectivity index (χ3n) is 5.56. The Balaban J connectivity index is 1.48. The van der Waals surface area contributed by atoms with Gasteiger partial charge < -0.3 is 14.8 Å². The van der Waals surface area contributed by atoms with Crippen LogP contribution in [0.1, 0.15) is 27.2 Å². The van der Waals surface area contributed by atoms with E-state index < -0.39 is 0 Å². The normalized spacial score (nSPS) is 12.1. The van der Waals surface area contributed by atoms with Gasteiger partial charge in [0.2, 0.25) is 6.79 Å². The van der Waals surface area contributed by atoms with Crippen molar-refractivity contribution in [2.75, 3.05) is 6.79 Å². The van der Waals surface area contributed by atoms with E-state index in [0.29, 0.717) is 29.4 Å². The molecule has 5 rings (SSSR count). The van der Waals surface area contributed by atoms with E-state index in [9.17, 15) is 9.18 Å². The molecule has 3 aromatic carbocycles. The van der Waals surface area contributed by atoms with Crippen molar-refractivity contribution in [2.45, 2.75) is 20.4 Å². The van der Waals surface area contributed by atoms with Gasteiger partial charge in [-0.15, -0.1) is 0 Å². The maximum absolute atomic E-state index is 13.4. The lowest BCUT2D eigenvalue weighted by Gasteiger charge is -2.12. The second-order valence-corrected chi connectivity index (χ2v) is 7.99. The van der Waals surface area contributed by atoms with Crippen LogP contribution < -0.4 is 14.8 Å². The van der Waals surface area contributed by atoms with Gasteiger partial charge in [-0.2, -0.15) is 5.10 Å². The lowest BCUT2D eigenvalue weighted by Crippen LogP contribution is -2.25. The van der Waals surface area contributed by atoms with Crippen LogP contribution in [0.15, 0.2) is 66.7 Å². The van der Waals surface area contributed by atoms with Crippen LogP contribution >= 0.6 is 0 Å². The molecule has 7 heteroatoms. The molecule has 0 spiro atoms. The molecule has 0 saturated carbocycles. The molecule has 0 aliphatic carbocycles. The summed E-state index contributed by atoms with van der Waals surface area (Å²) in [4.78, 5) is 13.3. The average Bonchev–Trinajstić information content (AvgIpc) is 3.46. The molecule has 0 unspecified atom stereocenters. The topological polar surface area (TPSA) is 65.4 Å². The van der Waals surface area contributed by atoms with E-state index in [4.69, 9.17) is 14.6 Å². The Morgan fingerprint density at radius 3 is 2.61 bits per heavy atom. The molecular formula is C26H22FN3O3. The van der Waals surface area contributed by atoms with Crippen molar-refractivity contribution in [3.8, 4) is 28.4 Å². The molecule has 4 aromatic rings. The van der Waals surface area contributed by atoms with Crippen LogP contribution in [0.25, 0.3) is 16.9 Å². The predicted molar refractivity (Wildman–Crippen MR) is 122 cm³/mol. The van der Waals surface area contributed by atoms with Crippen molar-refractivity contribution in [3.63, 3.8) is 0 Å². The molecule has 1 amide bonds. The fraction of sp³-hybridized carbons (Fsp3) is 0.154. The zero-order valence-corrected chi connectivity index (χ0v) is 18.3. The number of hydrogen-bond acceptors (Lipinski definition) is 4. The minimum atomic E-state index is -0.325. The highest BCUT2D eigenvalue weighted by molar-refractivity contribution is 5.94. The van der Waals surface area contributed by atoms with Crippen LogP contribution in [-0.2, 0) is 6.54 Å². The van der Waals surface area contributed by atoms with E-state index >= 15 is 0 Å². The van der Waals surface area contributed by atoms with Gasteiger partial charge in [-0.3, -0.25) is 4.79 Å². The van der Waals surface area contributed by atoms with Crippen molar-refractivity contribution in [1.82, 2.24) is 15.1 Å². The van der Waals surface area contributed by atoms with Crippen molar-refractivity contribution in [1.29, 1.82) is 0 Å². The Morgan fingerprint density at radius 1 is 1.00 bits per heavy atom. The van der Waals surface area contributed by atoms with Gasteiger partial charge in [0.15, 0.2) is 11.5 Å². The lowest BCUT2D eigenvalue weighted by atomic mass is 10.1. The molecule has 0 atom stereocenters. The van der Waals surface area contributed by atoms with E-state index in [1.54, 1.807) is 22.9 Å². The van der Waals surface area contributed by atoms with Gasteiger partial charge in [0, 0.05) is 12.1 Å². The second kappa shape index (κ2) is 8.43. The number of benzene rings is 3. The molecule has 0 bridgehead atoms. The number of halogens is 1. The summed E-state index contributed by atoms with van der Waals surface area (Å²) in [7, 11) is 0. The highest BCUT2D eigenvalue weighted by Gasteiger charge is 2.20. The first-order valence-corrected chi connectivity index (χ1v) is 10.6. The maximum Gasteiger partial charge on any atom is 0.270 e. The third-order valence-corrected chi connectivity index (χ3v) is 5.56. The Labute approximate surface area is 190 Å². The van der Waals surface area contributed by atoms with E-state index in [1.807, 2.05) is 50.2 Å². The number of carbonyl (C=O) groups excluding carboxylic acids is 1. The summed E-state index contributed by atoms with van der Waals surface area (Å²) in [6.45, 7) is 4.49. The van der Waals surface area contributed by atoms with E-state index in [1.165, 1.54) is 12.1 Å². The van der Waals surface area contributed by atoms with Crippen molar-refractivity contribution in [3.05, 3.63) is 94.9 Å². The molecular weight excluding hydrogens is 421 g/mol. The van der Waals surface area contributed by atoms with E-state index in [2.05, 4.69) is 5.32 Å². The Bertz CT molecular complexity index is 1350. The molecule has 0 radical (unpaired) electrons. The fourth-order valence-corrected chi connectivity index (χ4v) is 3.76. The average molecular weight is 443 g/mol.